The van der Waals surface area contributed by atoms with Crippen molar-refractivity contribution in [3.05, 3.63) is 35.5 Å². The zero-order valence-electron chi connectivity index (χ0n) is 11.1. The lowest BCUT2D eigenvalue weighted by molar-refractivity contribution is -0.142. The van der Waals surface area contributed by atoms with Gasteiger partial charge in [-0.05, 0) is 12.5 Å². The number of rotatable bonds is 1. The van der Waals surface area contributed by atoms with Gasteiger partial charge in [-0.3, -0.25) is 0 Å². The molecular formula is C13H10F3N3O3. The second-order valence-corrected chi connectivity index (χ2v) is 4.78. The van der Waals surface area contributed by atoms with Crippen molar-refractivity contribution in [3.8, 4) is 11.4 Å². The van der Waals surface area contributed by atoms with E-state index in [1.165, 1.54) is 18.6 Å². The molecule has 0 aromatic carbocycles. The van der Waals surface area contributed by atoms with Crippen molar-refractivity contribution in [2.24, 2.45) is 0 Å². The molecule has 0 saturated heterocycles. The normalized spacial score (nSPS) is 14.8. The van der Waals surface area contributed by atoms with Gasteiger partial charge in [-0.25, -0.2) is 14.8 Å². The van der Waals surface area contributed by atoms with Crippen molar-refractivity contribution in [3.63, 3.8) is 0 Å². The Balaban J connectivity index is 2.14. The Labute approximate surface area is 122 Å². The number of hydrogen-bond acceptors (Lipinski definition) is 4. The van der Waals surface area contributed by atoms with Gasteiger partial charge in [0.25, 0.3) is 0 Å². The number of hydrogen-bond donors (Lipinski definition) is 1. The molecule has 116 valence electrons. The molecule has 0 bridgehead atoms. The fourth-order valence-corrected chi connectivity index (χ4v) is 2.35. The maximum Gasteiger partial charge on any atom is 0.433 e. The summed E-state index contributed by atoms with van der Waals surface area (Å²) in [4.78, 5) is 19.7. The van der Waals surface area contributed by atoms with Crippen LogP contribution in [-0.4, -0.2) is 32.6 Å². The molecule has 0 radical (unpaired) electrons. The van der Waals surface area contributed by atoms with Crippen molar-refractivity contribution in [1.29, 1.82) is 0 Å². The van der Waals surface area contributed by atoms with Gasteiger partial charge in [0.05, 0.1) is 24.1 Å². The van der Waals surface area contributed by atoms with E-state index in [0.717, 1.165) is 4.90 Å². The number of nitrogens with zero attached hydrogens (tertiary/aromatic N) is 3. The van der Waals surface area contributed by atoms with Crippen molar-refractivity contribution in [2.45, 2.75) is 19.1 Å². The van der Waals surface area contributed by atoms with Crippen molar-refractivity contribution in [1.82, 2.24) is 14.9 Å². The minimum absolute atomic E-state index is 0.0141. The number of amides is 1. The largest absolute Gasteiger partial charge is 0.472 e. The average molecular weight is 313 g/mol. The zero-order chi connectivity index (χ0) is 15.9. The minimum Gasteiger partial charge on any atom is -0.472 e. The lowest BCUT2D eigenvalue weighted by Gasteiger charge is -2.27. The second kappa shape index (κ2) is 5.00. The quantitative estimate of drug-likeness (QED) is 0.875. The number of fused-ring (bicyclic) bond motifs is 1. The van der Waals surface area contributed by atoms with Gasteiger partial charge in [0.15, 0.2) is 11.5 Å². The van der Waals surface area contributed by atoms with Crippen LogP contribution in [0, 0.1) is 0 Å². The highest BCUT2D eigenvalue weighted by Gasteiger charge is 2.39. The van der Waals surface area contributed by atoms with Gasteiger partial charge >= 0.3 is 12.3 Å². The SMILES string of the molecule is O=C(O)N1CCc2c(nc(-c3ccoc3)nc2C(F)(F)F)C1. The van der Waals surface area contributed by atoms with Crippen LogP contribution in [0.2, 0.25) is 0 Å². The highest BCUT2D eigenvalue weighted by atomic mass is 19.4. The van der Waals surface area contributed by atoms with E-state index in [0.29, 0.717) is 5.56 Å². The molecule has 2 aromatic heterocycles. The van der Waals surface area contributed by atoms with Crippen molar-refractivity contribution in [2.75, 3.05) is 6.54 Å². The molecule has 0 aliphatic carbocycles. The lowest BCUT2D eigenvalue weighted by Crippen LogP contribution is -2.36. The Hall–Kier alpha value is -2.58. The van der Waals surface area contributed by atoms with Gasteiger partial charge in [-0.15, -0.1) is 0 Å². The number of carboxylic acid groups (broad SMARTS) is 1. The first-order valence-corrected chi connectivity index (χ1v) is 6.33. The maximum atomic E-state index is 13.2. The van der Waals surface area contributed by atoms with Gasteiger partial charge < -0.3 is 14.4 Å². The molecule has 1 aliphatic heterocycles. The predicted octanol–water partition coefficient (Wildman–Crippen LogP) is 2.79. The van der Waals surface area contributed by atoms with E-state index in [1.807, 2.05) is 0 Å². The van der Waals surface area contributed by atoms with Crippen LogP contribution in [0.4, 0.5) is 18.0 Å². The molecular weight excluding hydrogens is 303 g/mol. The van der Waals surface area contributed by atoms with Crippen LogP contribution in [0.5, 0.6) is 0 Å². The molecule has 9 heteroatoms. The highest BCUT2D eigenvalue weighted by Crippen LogP contribution is 2.35. The average Bonchev–Trinajstić information content (AvgIpc) is 2.98. The number of halogens is 3. The first-order valence-electron chi connectivity index (χ1n) is 6.33. The monoisotopic (exact) mass is 313 g/mol. The second-order valence-electron chi connectivity index (χ2n) is 4.78. The summed E-state index contributed by atoms with van der Waals surface area (Å²) in [6, 6.07) is 1.44. The van der Waals surface area contributed by atoms with E-state index in [9.17, 15) is 18.0 Å². The summed E-state index contributed by atoms with van der Waals surface area (Å²) in [7, 11) is 0. The van der Waals surface area contributed by atoms with E-state index in [1.54, 1.807) is 0 Å². The Morgan fingerprint density at radius 2 is 2.14 bits per heavy atom. The molecule has 0 atom stereocenters. The molecule has 1 aliphatic rings. The van der Waals surface area contributed by atoms with E-state index in [2.05, 4.69) is 9.97 Å². The highest BCUT2D eigenvalue weighted by molar-refractivity contribution is 5.65. The molecule has 0 spiro atoms. The minimum atomic E-state index is -4.63. The smallest absolute Gasteiger partial charge is 0.433 e. The van der Waals surface area contributed by atoms with Crippen molar-refractivity contribution < 1.29 is 27.5 Å². The zero-order valence-corrected chi connectivity index (χ0v) is 11.1. The Bertz CT molecular complexity index is 713. The summed E-state index contributed by atoms with van der Waals surface area (Å²) in [5.74, 6) is -0.132. The molecule has 0 saturated carbocycles. The van der Waals surface area contributed by atoms with E-state index in [4.69, 9.17) is 9.52 Å². The molecule has 22 heavy (non-hydrogen) atoms. The first-order chi connectivity index (χ1) is 10.4. The standard InChI is InChI=1S/C13H10F3N3O3/c14-13(15,16)10-8-1-3-19(12(20)21)5-9(8)17-11(18-10)7-2-4-22-6-7/h2,4,6H,1,3,5H2,(H,20,21). The summed E-state index contributed by atoms with van der Waals surface area (Å²) < 4.78 is 44.5. The van der Waals surface area contributed by atoms with Crippen LogP contribution in [0.1, 0.15) is 17.0 Å². The molecule has 0 unspecified atom stereocenters. The fraction of sp³-hybridized carbons (Fsp3) is 0.308. The third-order valence-corrected chi connectivity index (χ3v) is 3.38. The van der Waals surface area contributed by atoms with Crippen LogP contribution < -0.4 is 0 Å². The van der Waals surface area contributed by atoms with Crippen LogP contribution in [0.15, 0.2) is 23.0 Å². The number of carbonyl (C=O) groups is 1. The molecule has 3 heterocycles. The summed E-state index contributed by atoms with van der Waals surface area (Å²) in [6.07, 6.45) is -3.35. The Morgan fingerprint density at radius 1 is 1.36 bits per heavy atom. The molecule has 2 aromatic rings. The van der Waals surface area contributed by atoms with Crippen molar-refractivity contribution >= 4 is 6.09 Å². The molecule has 3 rings (SSSR count). The summed E-state index contributed by atoms with van der Waals surface area (Å²) in [6.45, 7) is -0.207. The third-order valence-electron chi connectivity index (χ3n) is 3.38. The summed E-state index contributed by atoms with van der Waals surface area (Å²) >= 11 is 0. The molecule has 0 fully saturated rings. The van der Waals surface area contributed by atoms with E-state index in [-0.39, 0.29) is 36.6 Å². The Kier molecular flexibility index (Phi) is 3.27. The van der Waals surface area contributed by atoms with Gasteiger partial charge in [-0.2, -0.15) is 13.2 Å². The van der Waals surface area contributed by atoms with Gasteiger partial charge in [0, 0.05) is 12.1 Å². The van der Waals surface area contributed by atoms with Gasteiger partial charge in [0.1, 0.15) is 6.26 Å². The maximum absolute atomic E-state index is 13.2. The van der Waals surface area contributed by atoms with Crippen LogP contribution in [0.25, 0.3) is 11.4 Å². The molecule has 6 nitrogen and oxygen atoms in total. The number of aromatic nitrogens is 2. The van der Waals surface area contributed by atoms with E-state index < -0.39 is 18.0 Å². The summed E-state index contributed by atoms with van der Waals surface area (Å²) in [5.41, 5.74) is -0.677. The van der Waals surface area contributed by atoms with E-state index >= 15 is 0 Å². The number of alkyl halides is 3. The Morgan fingerprint density at radius 3 is 2.73 bits per heavy atom. The van der Waals surface area contributed by atoms with Gasteiger partial charge in [-0.1, -0.05) is 0 Å². The van der Waals surface area contributed by atoms with Crippen LogP contribution in [-0.2, 0) is 19.1 Å². The fourth-order valence-electron chi connectivity index (χ4n) is 2.35. The molecule has 1 N–H and O–H groups in total. The number of furan rings is 1. The van der Waals surface area contributed by atoms with Gasteiger partial charge in [0.2, 0.25) is 0 Å². The first kappa shape index (κ1) is 14.4. The van der Waals surface area contributed by atoms with Crippen LogP contribution >= 0.6 is 0 Å². The topological polar surface area (TPSA) is 79.5 Å². The predicted molar refractivity (Wildman–Crippen MR) is 66.9 cm³/mol. The van der Waals surface area contributed by atoms with Crippen LogP contribution in [0.3, 0.4) is 0 Å². The lowest BCUT2D eigenvalue weighted by atomic mass is 10.0. The summed E-state index contributed by atoms with van der Waals surface area (Å²) in [5, 5.41) is 8.99. The third kappa shape index (κ3) is 2.49. The molecule has 1 amide bonds.